The highest BCUT2D eigenvalue weighted by Crippen LogP contribution is 2.32. The van der Waals surface area contributed by atoms with Crippen LogP contribution in [0.1, 0.15) is 23.4 Å². The first-order chi connectivity index (χ1) is 10.5. The van der Waals surface area contributed by atoms with Crippen molar-refractivity contribution < 1.29 is 14.3 Å². The zero-order chi connectivity index (χ0) is 16.1. The fourth-order valence-corrected chi connectivity index (χ4v) is 2.81. The molecule has 1 unspecified atom stereocenters. The second kappa shape index (κ2) is 7.17. The number of aryl methyl sites for hydroxylation is 1. The van der Waals surface area contributed by atoms with Crippen LogP contribution in [0.3, 0.4) is 0 Å². The zero-order valence-corrected chi connectivity index (χ0v) is 13.9. The van der Waals surface area contributed by atoms with Crippen molar-refractivity contribution in [1.82, 2.24) is 5.32 Å². The number of thiophene rings is 1. The number of benzene rings is 1. The lowest BCUT2D eigenvalue weighted by Crippen LogP contribution is -2.31. The maximum absolute atomic E-state index is 12.1. The molecule has 0 radical (unpaired) electrons. The van der Waals surface area contributed by atoms with Crippen LogP contribution in [0.2, 0.25) is 0 Å². The lowest BCUT2D eigenvalue weighted by Gasteiger charge is -2.16. The van der Waals surface area contributed by atoms with Crippen molar-refractivity contribution in [2.24, 2.45) is 0 Å². The molecule has 2 N–H and O–H groups in total. The van der Waals surface area contributed by atoms with E-state index in [-0.39, 0.29) is 12.1 Å². The molecule has 1 aromatic carbocycles. The maximum atomic E-state index is 12.1. The van der Waals surface area contributed by atoms with Gasteiger partial charge in [-0.05, 0) is 36.9 Å². The summed E-state index contributed by atoms with van der Waals surface area (Å²) in [5.41, 5.74) is 1.59. The highest BCUT2D eigenvalue weighted by Gasteiger charge is 2.13. The molecule has 1 aromatic heterocycles. The number of urea groups is 1. The predicted octanol–water partition coefficient (Wildman–Crippen LogP) is 3.96. The molecule has 118 valence electrons. The van der Waals surface area contributed by atoms with E-state index < -0.39 is 0 Å². The highest BCUT2D eigenvalue weighted by atomic mass is 32.1. The van der Waals surface area contributed by atoms with E-state index in [1.807, 2.05) is 37.4 Å². The molecule has 0 aliphatic rings. The number of carbonyl (C=O) groups excluding carboxylic acids is 1. The van der Waals surface area contributed by atoms with Crippen LogP contribution >= 0.6 is 11.3 Å². The van der Waals surface area contributed by atoms with Crippen molar-refractivity contribution in [2.45, 2.75) is 19.9 Å². The number of anilines is 1. The Kier molecular flexibility index (Phi) is 5.27. The SMILES string of the molecule is COc1cc(C)c(NC(=O)NC(C)c2cccs2)cc1OC. The maximum Gasteiger partial charge on any atom is 0.319 e. The van der Waals surface area contributed by atoms with Crippen LogP contribution in [0, 0.1) is 6.92 Å². The van der Waals surface area contributed by atoms with Gasteiger partial charge in [0.1, 0.15) is 0 Å². The van der Waals surface area contributed by atoms with Crippen LogP contribution in [0.4, 0.5) is 10.5 Å². The molecule has 0 bridgehead atoms. The molecule has 1 atom stereocenters. The van der Waals surface area contributed by atoms with Gasteiger partial charge in [0.05, 0.1) is 20.3 Å². The van der Waals surface area contributed by atoms with Gasteiger partial charge in [0.2, 0.25) is 0 Å². The summed E-state index contributed by atoms with van der Waals surface area (Å²) < 4.78 is 10.5. The van der Waals surface area contributed by atoms with Gasteiger partial charge in [-0.25, -0.2) is 4.79 Å². The van der Waals surface area contributed by atoms with E-state index in [9.17, 15) is 4.79 Å². The first kappa shape index (κ1) is 16.2. The summed E-state index contributed by atoms with van der Waals surface area (Å²) in [6.45, 7) is 3.85. The molecule has 0 aliphatic carbocycles. The highest BCUT2D eigenvalue weighted by molar-refractivity contribution is 7.10. The van der Waals surface area contributed by atoms with Crippen molar-refractivity contribution in [1.29, 1.82) is 0 Å². The summed E-state index contributed by atoms with van der Waals surface area (Å²) in [7, 11) is 3.15. The number of amides is 2. The summed E-state index contributed by atoms with van der Waals surface area (Å²) >= 11 is 1.61. The van der Waals surface area contributed by atoms with Crippen LogP contribution in [-0.4, -0.2) is 20.3 Å². The topological polar surface area (TPSA) is 59.6 Å². The minimum Gasteiger partial charge on any atom is -0.493 e. The molecule has 2 rings (SSSR count). The minimum atomic E-state index is -0.254. The molecular weight excluding hydrogens is 300 g/mol. The van der Waals surface area contributed by atoms with Crippen LogP contribution in [0.5, 0.6) is 11.5 Å². The normalized spacial score (nSPS) is 11.6. The molecular formula is C16H20N2O3S. The first-order valence-corrected chi connectivity index (χ1v) is 7.76. The Morgan fingerprint density at radius 2 is 1.91 bits per heavy atom. The average molecular weight is 320 g/mol. The molecule has 0 aliphatic heterocycles. The van der Waals surface area contributed by atoms with Crippen LogP contribution in [0.15, 0.2) is 29.6 Å². The fourth-order valence-electron chi connectivity index (χ4n) is 2.08. The number of ether oxygens (including phenoxy) is 2. The van der Waals surface area contributed by atoms with Gasteiger partial charge in [-0.1, -0.05) is 6.07 Å². The Morgan fingerprint density at radius 1 is 1.23 bits per heavy atom. The molecule has 0 spiro atoms. The number of carbonyl (C=O) groups is 1. The monoisotopic (exact) mass is 320 g/mol. The van der Waals surface area contributed by atoms with Gasteiger partial charge >= 0.3 is 6.03 Å². The van der Waals surface area contributed by atoms with Crippen LogP contribution < -0.4 is 20.1 Å². The number of methoxy groups -OCH3 is 2. The molecule has 6 heteroatoms. The largest absolute Gasteiger partial charge is 0.493 e. The fraction of sp³-hybridized carbons (Fsp3) is 0.312. The van der Waals surface area contributed by atoms with Crippen molar-refractivity contribution in [3.8, 4) is 11.5 Å². The van der Waals surface area contributed by atoms with Gasteiger partial charge in [0, 0.05) is 16.6 Å². The Bertz CT molecular complexity index is 641. The van der Waals surface area contributed by atoms with Crippen molar-refractivity contribution >= 4 is 23.1 Å². The quantitative estimate of drug-likeness (QED) is 0.877. The third kappa shape index (κ3) is 3.71. The van der Waals surface area contributed by atoms with Crippen molar-refractivity contribution in [3.05, 3.63) is 40.1 Å². The summed E-state index contributed by atoms with van der Waals surface area (Å²) in [6, 6.07) is 7.25. The van der Waals surface area contributed by atoms with E-state index in [1.54, 1.807) is 31.6 Å². The minimum absolute atomic E-state index is 0.0412. The van der Waals surface area contributed by atoms with Gasteiger partial charge in [-0.15, -0.1) is 11.3 Å². The number of hydrogen-bond donors (Lipinski definition) is 2. The van der Waals surface area contributed by atoms with E-state index in [0.717, 1.165) is 10.4 Å². The van der Waals surface area contributed by atoms with E-state index in [1.165, 1.54) is 0 Å². The number of hydrogen-bond acceptors (Lipinski definition) is 4. The second-order valence-electron chi connectivity index (χ2n) is 4.86. The number of nitrogens with one attached hydrogen (secondary N) is 2. The molecule has 2 amide bonds. The molecule has 0 saturated carbocycles. The van der Waals surface area contributed by atoms with E-state index in [2.05, 4.69) is 10.6 Å². The van der Waals surface area contributed by atoms with Gasteiger partial charge in [-0.3, -0.25) is 0 Å². The van der Waals surface area contributed by atoms with Gasteiger partial charge in [0.25, 0.3) is 0 Å². The van der Waals surface area contributed by atoms with Gasteiger partial charge in [-0.2, -0.15) is 0 Å². The lowest BCUT2D eigenvalue weighted by molar-refractivity contribution is 0.249. The van der Waals surface area contributed by atoms with E-state index >= 15 is 0 Å². The Morgan fingerprint density at radius 3 is 2.50 bits per heavy atom. The zero-order valence-electron chi connectivity index (χ0n) is 13.1. The Hall–Kier alpha value is -2.21. The third-order valence-corrected chi connectivity index (χ3v) is 4.35. The van der Waals surface area contributed by atoms with E-state index in [4.69, 9.17) is 9.47 Å². The first-order valence-electron chi connectivity index (χ1n) is 6.88. The van der Waals surface area contributed by atoms with Gasteiger partial charge in [0.15, 0.2) is 11.5 Å². The summed E-state index contributed by atoms with van der Waals surface area (Å²) in [4.78, 5) is 13.2. The summed E-state index contributed by atoms with van der Waals surface area (Å²) in [6.07, 6.45) is 0. The van der Waals surface area contributed by atoms with Crippen LogP contribution in [0.25, 0.3) is 0 Å². The smallest absolute Gasteiger partial charge is 0.319 e. The standard InChI is InChI=1S/C16H20N2O3S/c1-10-8-13(20-3)14(21-4)9-12(10)18-16(19)17-11(2)15-6-5-7-22-15/h5-9,11H,1-4H3,(H2,17,18,19). The van der Waals surface area contributed by atoms with Gasteiger partial charge < -0.3 is 20.1 Å². The molecule has 22 heavy (non-hydrogen) atoms. The second-order valence-corrected chi connectivity index (χ2v) is 5.84. The Balaban J connectivity index is 2.08. The summed E-state index contributed by atoms with van der Waals surface area (Å²) in [5, 5.41) is 7.75. The third-order valence-electron chi connectivity index (χ3n) is 3.30. The number of rotatable bonds is 5. The van der Waals surface area contributed by atoms with Crippen LogP contribution in [-0.2, 0) is 0 Å². The molecule has 5 nitrogen and oxygen atoms in total. The summed E-state index contributed by atoms with van der Waals surface area (Å²) in [5.74, 6) is 1.22. The predicted molar refractivity (Wildman–Crippen MR) is 89.2 cm³/mol. The van der Waals surface area contributed by atoms with E-state index in [0.29, 0.717) is 17.2 Å². The lowest BCUT2D eigenvalue weighted by atomic mass is 10.1. The Labute approximate surface area is 134 Å². The molecule has 0 fully saturated rings. The van der Waals surface area contributed by atoms with Crippen molar-refractivity contribution in [3.63, 3.8) is 0 Å². The molecule has 0 saturated heterocycles. The average Bonchev–Trinajstić information content (AvgIpc) is 3.03. The molecule has 1 heterocycles. The van der Waals surface area contributed by atoms with Crippen molar-refractivity contribution in [2.75, 3.05) is 19.5 Å². The molecule has 2 aromatic rings.